The molecule has 0 bridgehead atoms. The number of imidazole rings is 1. The van der Waals surface area contributed by atoms with E-state index in [1.807, 2.05) is 34.2 Å². The number of hydrogen-bond acceptors (Lipinski definition) is 4. The highest BCUT2D eigenvalue weighted by Crippen LogP contribution is 2.28. The van der Waals surface area contributed by atoms with Gasteiger partial charge in [0.05, 0.1) is 0 Å². The number of aromatic nitrogens is 5. The molecule has 1 fully saturated rings. The number of nitrogens with zero attached hydrogens (tertiary/aromatic N) is 6. The van der Waals surface area contributed by atoms with E-state index >= 15 is 0 Å². The normalized spacial score (nSPS) is 17.5. The summed E-state index contributed by atoms with van der Waals surface area (Å²) in [6.07, 6.45) is 7.29. The van der Waals surface area contributed by atoms with Crippen molar-refractivity contribution in [2.45, 2.75) is 51.5 Å². The molecule has 0 spiro atoms. The summed E-state index contributed by atoms with van der Waals surface area (Å²) < 4.78 is 3.98. The van der Waals surface area contributed by atoms with E-state index in [-0.39, 0.29) is 11.9 Å². The molecule has 1 aliphatic heterocycles. The molecule has 0 radical (unpaired) electrons. The molecule has 2 aromatic heterocycles. The molecule has 1 atom stereocenters. The van der Waals surface area contributed by atoms with Crippen molar-refractivity contribution in [1.29, 1.82) is 0 Å². The van der Waals surface area contributed by atoms with E-state index < -0.39 is 0 Å². The summed E-state index contributed by atoms with van der Waals surface area (Å²) >= 11 is 0. The van der Waals surface area contributed by atoms with Gasteiger partial charge in [-0.3, -0.25) is 4.79 Å². The average Bonchev–Trinajstić information content (AvgIpc) is 3.22. The second-order valence-electron chi connectivity index (χ2n) is 6.92. The first kappa shape index (κ1) is 16.7. The van der Waals surface area contributed by atoms with Gasteiger partial charge in [0.25, 0.3) is 0 Å². The Hall–Kier alpha value is -2.18. The monoisotopic (exact) mass is 330 g/mol. The molecule has 1 saturated heterocycles. The third kappa shape index (κ3) is 3.07. The third-order valence-electron chi connectivity index (χ3n) is 4.91. The number of piperidine rings is 1. The van der Waals surface area contributed by atoms with E-state index in [0.29, 0.717) is 11.8 Å². The minimum Gasteiger partial charge on any atom is -0.341 e. The van der Waals surface area contributed by atoms with Crippen molar-refractivity contribution in [2.75, 3.05) is 13.1 Å². The molecule has 3 rings (SSSR count). The van der Waals surface area contributed by atoms with E-state index in [9.17, 15) is 4.79 Å². The van der Waals surface area contributed by atoms with Gasteiger partial charge in [-0.15, -0.1) is 10.2 Å². The van der Waals surface area contributed by atoms with Crippen LogP contribution in [0.1, 0.15) is 63.1 Å². The number of aryl methyl sites for hydroxylation is 1. The van der Waals surface area contributed by atoms with E-state index in [1.165, 1.54) is 0 Å². The Labute approximate surface area is 142 Å². The highest BCUT2D eigenvalue weighted by Gasteiger charge is 2.30. The maximum Gasteiger partial charge on any atom is 0.245 e. The summed E-state index contributed by atoms with van der Waals surface area (Å²) in [7, 11) is 1.97. The molecule has 7 heteroatoms. The maximum absolute atomic E-state index is 12.9. The van der Waals surface area contributed by atoms with Crippen LogP contribution < -0.4 is 0 Å². The number of amides is 1. The van der Waals surface area contributed by atoms with Crippen LogP contribution >= 0.6 is 0 Å². The Morgan fingerprint density at radius 3 is 2.54 bits per heavy atom. The lowest BCUT2D eigenvalue weighted by molar-refractivity contribution is -0.135. The van der Waals surface area contributed by atoms with E-state index in [4.69, 9.17) is 0 Å². The van der Waals surface area contributed by atoms with Crippen LogP contribution in [0.4, 0.5) is 0 Å². The molecular formula is C17H26N6O. The van der Waals surface area contributed by atoms with Crippen LogP contribution in [0.15, 0.2) is 18.7 Å². The molecule has 1 aliphatic rings. The Balaban J connectivity index is 1.64. The van der Waals surface area contributed by atoms with Crippen LogP contribution in [0, 0.1) is 0 Å². The van der Waals surface area contributed by atoms with Crippen LogP contribution in [0.25, 0.3) is 0 Å². The fourth-order valence-corrected chi connectivity index (χ4v) is 3.50. The lowest BCUT2D eigenvalue weighted by atomic mass is 9.95. The first-order valence-corrected chi connectivity index (χ1v) is 8.64. The second kappa shape index (κ2) is 6.75. The highest BCUT2D eigenvalue weighted by atomic mass is 16.2. The second-order valence-corrected chi connectivity index (χ2v) is 6.92. The number of carbonyl (C=O) groups is 1. The van der Waals surface area contributed by atoms with E-state index in [2.05, 4.69) is 29.0 Å². The fraction of sp³-hybridized carbons (Fsp3) is 0.647. The molecule has 0 saturated carbocycles. The summed E-state index contributed by atoms with van der Waals surface area (Å²) in [6.45, 7) is 7.70. The van der Waals surface area contributed by atoms with Gasteiger partial charge in [0.2, 0.25) is 5.91 Å². The third-order valence-corrected chi connectivity index (χ3v) is 4.91. The van der Waals surface area contributed by atoms with Crippen molar-refractivity contribution in [3.05, 3.63) is 30.4 Å². The zero-order valence-corrected chi connectivity index (χ0v) is 14.9. The minimum atomic E-state index is -0.212. The van der Waals surface area contributed by atoms with E-state index in [1.54, 1.807) is 12.5 Å². The summed E-state index contributed by atoms with van der Waals surface area (Å²) in [5, 5.41) is 8.17. The quantitative estimate of drug-likeness (QED) is 0.861. The molecule has 3 heterocycles. The standard InChI is InChI=1S/C17H26N6O/c1-12(2)15-18-7-10-23(15)13(3)17(24)22-8-5-14(6-9-22)16-20-19-11-21(16)4/h7,10-14H,5-6,8-9H2,1-4H3/t13-/m0/s1. The molecule has 1 amide bonds. The molecule has 24 heavy (non-hydrogen) atoms. The molecule has 7 nitrogen and oxygen atoms in total. The zero-order valence-electron chi connectivity index (χ0n) is 14.9. The summed E-state index contributed by atoms with van der Waals surface area (Å²) in [5.74, 6) is 2.84. The number of carbonyl (C=O) groups excluding carboxylic acids is 1. The van der Waals surface area contributed by atoms with Crippen molar-refractivity contribution in [1.82, 2.24) is 29.2 Å². The number of likely N-dealkylation sites (tertiary alicyclic amines) is 1. The molecule has 0 aliphatic carbocycles. The highest BCUT2D eigenvalue weighted by molar-refractivity contribution is 5.80. The smallest absolute Gasteiger partial charge is 0.245 e. The molecule has 2 aromatic rings. The SMILES string of the molecule is CC(C)c1nccn1[C@@H](C)C(=O)N1CCC(c2nncn2C)CC1. The first-order valence-electron chi connectivity index (χ1n) is 8.64. The molecule has 0 N–H and O–H groups in total. The fourth-order valence-electron chi connectivity index (χ4n) is 3.50. The van der Waals surface area contributed by atoms with Gasteiger partial charge in [-0.25, -0.2) is 4.98 Å². The van der Waals surface area contributed by atoms with Crippen LogP contribution in [-0.2, 0) is 11.8 Å². The summed E-state index contributed by atoms with van der Waals surface area (Å²) in [6, 6.07) is -0.212. The zero-order chi connectivity index (χ0) is 17.3. The van der Waals surface area contributed by atoms with Crippen molar-refractivity contribution in [2.24, 2.45) is 7.05 Å². The van der Waals surface area contributed by atoms with Gasteiger partial charge in [-0.1, -0.05) is 13.8 Å². The van der Waals surface area contributed by atoms with Gasteiger partial charge >= 0.3 is 0 Å². The average molecular weight is 330 g/mol. The topological polar surface area (TPSA) is 68.8 Å². The van der Waals surface area contributed by atoms with Crippen LogP contribution in [0.3, 0.4) is 0 Å². The van der Waals surface area contributed by atoms with Gasteiger partial charge in [0.1, 0.15) is 24.0 Å². The van der Waals surface area contributed by atoms with Crippen molar-refractivity contribution >= 4 is 5.91 Å². The van der Waals surface area contributed by atoms with Gasteiger partial charge in [-0.2, -0.15) is 0 Å². The Bertz CT molecular complexity index is 696. The first-order chi connectivity index (χ1) is 11.5. The van der Waals surface area contributed by atoms with E-state index in [0.717, 1.165) is 37.6 Å². The van der Waals surface area contributed by atoms with Gasteiger partial charge < -0.3 is 14.0 Å². The van der Waals surface area contributed by atoms with Crippen LogP contribution in [-0.4, -0.2) is 48.2 Å². The lowest BCUT2D eigenvalue weighted by Gasteiger charge is -2.33. The molecule has 0 unspecified atom stereocenters. The molecular weight excluding hydrogens is 304 g/mol. The lowest BCUT2D eigenvalue weighted by Crippen LogP contribution is -2.41. The van der Waals surface area contributed by atoms with Gasteiger partial charge in [0, 0.05) is 44.4 Å². The predicted molar refractivity (Wildman–Crippen MR) is 90.6 cm³/mol. The number of rotatable bonds is 4. The summed E-state index contributed by atoms with van der Waals surface area (Å²) in [5.41, 5.74) is 0. The maximum atomic E-state index is 12.9. The van der Waals surface area contributed by atoms with Crippen molar-refractivity contribution < 1.29 is 4.79 Å². The van der Waals surface area contributed by atoms with Crippen LogP contribution in [0.5, 0.6) is 0 Å². The molecule has 0 aromatic carbocycles. The minimum absolute atomic E-state index is 0.173. The molecule has 130 valence electrons. The largest absolute Gasteiger partial charge is 0.341 e. The number of hydrogen-bond donors (Lipinski definition) is 0. The Morgan fingerprint density at radius 1 is 1.25 bits per heavy atom. The van der Waals surface area contributed by atoms with Gasteiger partial charge in [-0.05, 0) is 19.8 Å². The van der Waals surface area contributed by atoms with Gasteiger partial charge in [0.15, 0.2) is 0 Å². The predicted octanol–water partition coefficient (Wildman–Crippen LogP) is 2.10. The Kier molecular flexibility index (Phi) is 4.69. The summed E-state index contributed by atoms with van der Waals surface area (Å²) in [4.78, 5) is 19.2. The van der Waals surface area contributed by atoms with Crippen LogP contribution in [0.2, 0.25) is 0 Å². The van der Waals surface area contributed by atoms with Crippen molar-refractivity contribution in [3.8, 4) is 0 Å². The van der Waals surface area contributed by atoms with Crippen molar-refractivity contribution in [3.63, 3.8) is 0 Å². The Morgan fingerprint density at radius 2 is 1.96 bits per heavy atom.